The van der Waals surface area contributed by atoms with E-state index >= 15 is 0 Å². The number of benzene rings is 2. The number of nitrogens with one attached hydrogen (secondary N) is 2. The van der Waals surface area contributed by atoms with Crippen LogP contribution in [0.25, 0.3) is 0 Å². The van der Waals surface area contributed by atoms with Crippen molar-refractivity contribution in [2.45, 2.75) is 38.9 Å². The number of hydrogen-bond acceptors (Lipinski definition) is 5. The Bertz CT molecular complexity index is 1180. The van der Waals surface area contributed by atoms with Crippen molar-refractivity contribution in [1.82, 2.24) is 15.5 Å². The van der Waals surface area contributed by atoms with E-state index in [0.717, 1.165) is 12.1 Å². The van der Waals surface area contributed by atoms with Gasteiger partial charge in [0, 0.05) is 30.8 Å². The fraction of sp³-hybridized carbons (Fsp3) is 0.444. The highest BCUT2D eigenvalue weighted by molar-refractivity contribution is 5.98. The lowest BCUT2D eigenvalue weighted by Gasteiger charge is -2.36. The quantitative estimate of drug-likeness (QED) is 0.564. The topological polar surface area (TPSA) is 97.0 Å². The number of carbonyl (C=O) groups excluding carboxylic acids is 3. The summed E-state index contributed by atoms with van der Waals surface area (Å²) in [5.41, 5.74) is -0.328. The number of nitrogens with zero attached hydrogens (tertiary/aromatic N) is 1. The monoisotopic (exact) mass is 533 g/mol. The standard InChI is InChI=1S/C27H30F3N3O5/c1-16(2)14-31-25(35)23(32-24(34)19-5-8-21-22(13-19)38-15-37-21)17-9-11-33(12-10-17)26(36)18-3-6-20(7-4-18)27(28,29)30/h3-8,13,16-17,23H,9-12,14-15H2,1-2H3,(H,31,35)(H,32,34). The van der Waals surface area contributed by atoms with Crippen molar-refractivity contribution < 1.29 is 37.0 Å². The summed E-state index contributed by atoms with van der Waals surface area (Å²) < 4.78 is 49.2. The summed E-state index contributed by atoms with van der Waals surface area (Å²) in [6.07, 6.45) is -3.60. The van der Waals surface area contributed by atoms with E-state index in [1.165, 1.54) is 12.1 Å². The van der Waals surface area contributed by atoms with Crippen molar-refractivity contribution in [1.29, 1.82) is 0 Å². The van der Waals surface area contributed by atoms with Crippen LogP contribution < -0.4 is 20.1 Å². The van der Waals surface area contributed by atoms with Gasteiger partial charge >= 0.3 is 6.18 Å². The van der Waals surface area contributed by atoms with Crippen LogP contribution in [-0.4, -0.2) is 55.1 Å². The minimum atomic E-state index is -4.48. The van der Waals surface area contributed by atoms with Crippen molar-refractivity contribution in [3.8, 4) is 11.5 Å². The van der Waals surface area contributed by atoms with Gasteiger partial charge in [0.2, 0.25) is 12.7 Å². The number of amides is 3. The molecule has 38 heavy (non-hydrogen) atoms. The minimum absolute atomic E-state index is 0.0738. The highest BCUT2D eigenvalue weighted by Gasteiger charge is 2.35. The summed E-state index contributed by atoms with van der Waals surface area (Å²) in [7, 11) is 0. The zero-order valence-corrected chi connectivity index (χ0v) is 21.1. The second kappa shape index (κ2) is 11.3. The Labute approximate surface area is 218 Å². The Morgan fingerprint density at radius 3 is 2.24 bits per heavy atom. The molecule has 2 aliphatic heterocycles. The summed E-state index contributed by atoms with van der Waals surface area (Å²) in [5, 5.41) is 5.74. The molecule has 8 nitrogen and oxygen atoms in total. The summed E-state index contributed by atoms with van der Waals surface area (Å²) in [4.78, 5) is 40.6. The normalized spacial score (nSPS) is 16.3. The molecule has 1 unspecified atom stereocenters. The number of piperidine rings is 1. The predicted octanol–water partition coefficient (Wildman–Crippen LogP) is 3.86. The van der Waals surface area contributed by atoms with Gasteiger partial charge in [0.15, 0.2) is 11.5 Å². The number of alkyl halides is 3. The Kier molecular flexibility index (Phi) is 8.13. The largest absolute Gasteiger partial charge is 0.454 e. The molecular weight excluding hydrogens is 503 g/mol. The summed E-state index contributed by atoms with van der Waals surface area (Å²) in [6, 6.07) is 8.09. The number of halogens is 3. The number of carbonyl (C=O) groups is 3. The average Bonchev–Trinajstić information content (AvgIpc) is 3.37. The molecule has 1 fully saturated rings. The molecule has 1 saturated heterocycles. The van der Waals surface area contributed by atoms with Gasteiger partial charge in [0.1, 0.15) is 6.04 Å². The molecule has 0 spiro atoms. The third-order valence-corrected chi connectivity index (χ3v) is 6.65. The van der Waals surface area contributed by atoms with Crippen molar-refractivity contribution in [2.75, 3.05) is 26.4 Å². The molecule has 0 aliphatic carbocycles. The Balaban J connectivity index is 1.42. The SMILES string of the molecule is CC(C)CNC(=O)C(NC(=O)c1ccc2c(c1)OCO2)C1CCN(C(=O)c2ccc(C(F)(F)F)cc2)CC1. The minimum Gasteiger partial charge on any atom is -0.454 e. The third kappa shape index (κ3) is 6.38. The molecule has 2 N–H and O–H groups in total. The molecule has 11 heteroatoms. The number of rotatable bonds is 7. The van der Waals surface area contributed by atoms with Crippen molar-refractivity contribution in [2.24, 2.45) is 11.8 Å². The van der Waals surface area contributed by atoms with Gasteiger partial charge in [-0.1, -0.05) is 13.8 Å². The summed E-state index contributed by atoms with van der Waals surface area (Å²) in [6.45, 7) is 5.05. The highest BCUT2D eigenvalue weighted by Crippen LogP contribution is 2.33. The van der Waals surface area contributed by atoms with E-state index in [2.05, 4.69) is 10.6 Å². The molecule has 204 valence electrons. The van der Waals surface area contributed by atoms with Gasteiger partial charge in [0.05, 0.1) is 5.56 Å². The van der Waals surface area contributed by atoms with Gasteiger partial charge in [-0.3, -0.25) is 14.4 Å². The molecular formula is C27H30F3N3O5. The lowest BCUT2D eigenvalue weighted by atomic mass is 9.88. The second-order valence-electron chi connectivity index (χ2n) is 9.86. The number of likely N-dealkylation sites (tertiary alicyclic amines) is 1. The number of fused-ring (bicyclic) bond motifs is 1. The van der Waals surface area contributed by atoms with E-state index in [0.29, 0.717) is 49.5 Å². The fourth-order valence-corrected chi connectivity index (χ4v) is 4.49. The first-order chi connectivity index (χ1) is 18.0. The van der Waals surface area contributed by atoms with Gasteiger partial charge < -0.3 is 25.0 Å². The van der Waals surface area contributed by atoms with Crippen LogP contribution >= 0.6 is 0 Å². The van der Waals surface area contributed by atoms with Crippen LogP contribution in [0.5, 0.6) is 11.5 Å². The Morgan fingerprint density at radius 2 is 1.61 bits per heavy atom. The summed E-state index contributed by atoms with van der Waals surface area (Å²) >= 11 is 0. The molecule has 4 rings (SSSR count). The van der Waals surface area contributed by atoms with Crippen LogP contribution in [0, 0.1) is 11.8 Å². The Morgan fingerprint density at radius 1 is 0.974 bits per heavy atom. The zero-order valence-electron chi connectivity index (χ0n) is 21.1. The lowest BCUT2D eigenvalue weighted by Crippen LogP contribution is -2.54. The van der Waals surface area contributed by atoms with E-state index in [-0.39, 0.29) is 36.0 Å². The van der Waals surface area contributed by atoms with Crippen LogP contribution in [0.3, 0.4) is 0 Å². The molecule has 2 aromatic rings. The average molecular weight is 534 g/mol. The van der Waals surface area contributed by atoms with Gasteiger partial charge in [0.25, 0.3) is 11.8 Å². The first-order valence-electron chi connectivity index (χ1n) is 12.5. The zero-order chi connectivity index (χ0) is 27.4. The maximum atomic E-state index is 13.1. The van der Waals surface area contributed by atoms with Crippen molar-refractivity contribution in [3.63, 3.8) is 0 Å². The van der Waals surface area contributed by atoms with Crippen LogP contribution in [0.15, 0.2) is 42.5 Å². The van der Waals surface area contributed by atoms with Crippen LogP contribution in [-0.2, 0) is 11.0 Å². The second-order valence-corrected chi connectivity index (χ2v) is 9.86. The molecule has 0 bridgehead atoms. The van der Waals surface area contributed by atoms with Gasteiger partial charge in [-0.25, -0.2) is 0 Å². The van der Waals surface area contributed by atoms with Crippen LogP contribution in [0.2, 0.25) is 0 Å². The molecule has 0 aromatic heterocycles. The predicted molar refractivity (Wildman–Crippen MR) is 132 cm³/mol. The fourth-order valence-electron chi connectivity index (χ4n) is 4.49. The number of ether oxygens (including phenoxy) is 2. The number of hydrogen-bond donors (Lipinski definition) is 2. The van der Waals surface area contributed by atoms with E-state index in [9.17, 15) is 27.6 Å². The molecule has 1 atom stereocenters. The smallest absolute Gasteiger partial charge is 0.416 e. The van der Waals surface area contributed by atoms with E-state index in [1.807, 2.05) is 13.8 Å². The van der Waals surface area contributed by atoms with Crippen molar-refractivity contribution in [3.05, 3.63) is 59.2 Å². The van der Waals surface area contributed by atoms with E-state index in [1.54, 1.807) is 23.1 Å². The Hall–Kier alpha value is -3.76. The first kappa shape index (κ1) is 27.3. The maximum Gasteiger partial charge on any atom is 0.416 e. The van der Waals surface area contributed by atoms with Gasteiger partial charge in [-0.15, -0.1) is 0 Å². The lowest BCUT2D eigenvalue weighted by molar-refractivity contribution is -0.137. The maximum absolute atomic E-state index is 13.1. The van der Waals surface area contributed by atoms with Crippen molar-refractivity contribution >= 4 is 17.7 Å². The molecule has 0 radical (unpaired) electrons. The van der Waals surface area contributed by atoms with Gasteiger partial charge in [-0.2, -0.15) is 13.2 Å². The molecule has 2 aromatic carbocycles. The van der Waals surface area contributed by atoms with E-state index < -0.39 is 23.7 Å². The molecule has 2 heterocycles. The molecule has 2 aliphatic rings. The highest BCUT2D eigenvalue weighted by atomic mass is 19.4. The van der Waals surface area contributed by atoms with Crippen LogP contribution in [0.4, 0.5) is 13.2 Å². The molecule has 0 saturated carbocycles. The van der Waals surface area contributed by atoms with Crippen LogP contribution in [0.1, 0.15) is 53.0 Å². The van der Waals surface area contributed by atoms with E-state index in [4.69, 9.17) is 9.47 Å². The summed E-state index contributed by atoms with van der Waals surface area (Å²) in [5.74, 6) is -0.144. The third-order valence-electron chi connectivity index (χ3n) is 6.65. The first-order valence-corrected chi connectivity index (χ1v) is 12.5. The van der Waals surface area contributed by atoms with Gasteiger partial charge in [-0.05, 0) is 67.1 Å². The molecule has 3 amide bonds.